The van der Waals surface area contributed by atoms with Gasteiger partial charge in [0.2, 0.25) is 0 Å². The number of thiazole rings is 1. The maximum absolute atomic E-state index is 11.9. The Labute approximate surface area is 193 Å². The van der Waals surface area contributed by atoms with Crippen LogP contribution in [-0.2, 0) is 11.2 Å². The van der Waals surface area contributed by atoms with Crippen molar-refractivity contribution < 1.29 is 14.3 Å². The molecule has 0 spiro atoms. The Morgan fingerprint density at radius 2 is 1.84 bits per heavy atom. The zero-order valence-electron chi connectivity index (χ0n) is 19.0. The lowest BCUT2D eigenvalue weighted by molar-refractivity contribution is 0.0479. The minimum Gasteiger partial charge on any atom is -0.444 e. The molecule has 7 heteroatoms. The number of likely N-dealkylation sites (tertiary alicyclic amines) is 1. The predicted molar refractivity (Wildman–Crippen MR) is 129 cm³/mol. The van der Waals surface area contributed by atoms with E-state index in [0.29, 0.717) is 5.19 Å². The molecule has 0 atom stereocenters. The van der Waals surface area contributed by atoms with Crippen molar-refractivity contribution in [2.24, 2.45) is 0 Å². The number of piperidine rings is 1. The summed E-state index contributed by atoms with van der Waals surface area (Å²) in [5.74, 6) is 0.807. The quantitative estimate of drug-likeness (QED) is 0.525. The highest BCUT2D eigenvalue weighted by Crippen LogP contribution is 2.31. The second-order valence-electron chi connectivity index (χ2n) is 9.21. The Balaban J connectivity index is 1.20. The third-order valence-corrected chi connectivity index (χ3v) is 6.34. The maximum atomic E-state index is 11.9. The van der Waals surface area contributed by atoms with Crippen LogP contribution >= 0.6 is 11.3 Å². The Kier molecular flexibility index (Phi) is 6.96. The number of fused-ring (bicyclic) bond motifs is 1. The van der Waals surface area contributed by atoms with Gasteiger partial charge in [-0.05, 0) is 69.9 Å². The molecule has 3 aromatic rings. The third-order valence-electron chi connectivity index (χ3n) is 5.43. The van der Waals surface area contributed by atoms with Gasteiger partial charge in [0, 0.05) is 25.7 Å². The molecule has 0 saturated carbocycles. The number of hydrogen-bond acceptors (Lipinski definition) is 6. The van der Waals surface area contributed by atoms with E-state index >= 15 is 0 Å². The van der Waals surface area contributed by atoms with E-state index in [1.54, 1.807) is 11.3 Å². The van der Waals surface area contributed by atoms with E-state index in [4.69, 9.17) is 9.47 Å². The number of benzene rings is 2. The molecule has 2 aromatic carbocycles. The summed E-state index contributed by atoms with van der Waals surface area (Å²) in [7, 11) is 0. The maximum Gasteiger partial charge on any atom is 0.407 e. The van der Waals surface area contributed by atoms with Gasteiger partial charge in [-0.3, -0.25) is 0 Å². The number of carbonyl (C=O) groups excluding carboxylic acids is 1. The summed E-state index contributed by atoms with van der Waals surface area (Å²) in [5.41, 5.74) is 1.80. The molecular formula is C25H31N3O3S. The third kappa shape index (κ3) is 6.43. The molecule has 4 rings (SSSR count). The van der Waals surface area contributed by atoms with Crippen molar-refractivity contribution in [1.82, 2.24) is 15.2 Å². The van der Waals surface area contributed by atoms with Gasteiger partial charge in [0.25, 0.3) is 5.19 Å². The van der Waals surface area contributed by atoms with Gasteiger partial charge in [0.1, 0.15) is 11.4 Å². The highest BCUT2D eigenvalue weighted by atomic mass is 32.1. The van der Waals surface area contributed by atoms with Crippen molar-refractivity contribution in [3.63, 3.8) is 0 Å². The predicted octanol–water partition coefficient (Wildman–Crippen LogP) is 5.62. The largest absolute Gasteiger partial charge is 0.444 e. The second kappa shape index (κ2) is 9.88. The molecule has 0 radical (unpaired) electrons. The lowest BCUT2D eigenvalue weighted by Crippen LogP contribution is -2.46. The van der Waals surface area contributed by atoms with E-state index in [1.165, 1.54) is 5.56 Å². The van der Waals surface area contributed by atoms with Gasteiger partial charge in [0.15, 0.2) is 0 Å². The van der Waals surface area contributed by atoms with Crippen molar-refractivity contribution in [2.75, 3.05) is 19.6 Å². The summed E-state index contributed by atoms with van der Waals surface area (Å²) in [6, 6.07) is 16.5. The number of nitrogens with one attached hydrogen (secondary N) is 1. The first-order valence-corrected chi connectivity index (χ1v) is 12.0. The molecule has 1 saturated heterocycles. The molecule has 1 amide bonds. The first-order chi connectivity index (χ1) is 15.3. The van der Waals surface area contributed by atoms with E-state index in [0.717, 1.165) is 54.9 Å². The van der Waals surface area contributed by atoms with Gasteiger partial charge in [0.05, 0.1) is 10.2 Å². The first-order valence-electron chi connectivity index (χ1n) is 11.2. The fourth-order valence-corrected chi connectivity index (χ4v) is 4.62. The number of alkyl carbamates (subject to hydrolysis) is 1. The smallest absolute Gasteiger partial charge is 0.407 e. The number of amides is 1. The van der Waals surface area contributed by atoms with Gasteiger partial charge < -0.3 is 19.7 Å². The van der Waals surface area contributed by atoms with Crippen LogP contribution in [-0.4, -0.2) is 47.3 Å². The fourth-order valence-electron chi connectivity index (χ4n) is 3.78. The van der Waals surface area contributed by atoms with Crippen molar-refractivity contribution in [3.05, 3.63) is 54.1 Å². The van der Waals surface area contributed by atoms with Crippen molar-refractivity contribution in [2.45, 2.75) is 51.7 Å². The molecule has 2 heterocycles. The van der Waals surface area contributed by atoms with Gasteiger partial charge in [-0.15, -0.1) is 0 Å². The molecule has 1 aliphatic rings. The zero-order valence-corrected chi connectivity index (χ0v) is 19.8. The van der Waals surface area contributed by atoms with Crippen LogP contribution in [0.15, 0.2) is 48.5 Å². The van der Waals surface area contributed by atoms with Crippen LogP contribution in [0.5, 0.6) is 10.9 Å². The van der Waals surface area contributed by atoms with E-state index < -0.39 is 5.60 Å². The van der Waals surface area contributed by atoms with Crippen LogP contribution in [0.2, 0.25) is 0 Å². The lowest BCUT2D eigenvalue weighted by atomic mass is 10.0. The van der Waals surface area contributed by atoms with Crippen LogP contribution in [0, 0.1) is 0 Å². The summed E-state index contributed by atoms with van der Waals surface area (Å²) >= 11 is 1.56. The topological polar surface area (TPSA) is 63.7 Å². The van der Waals surface area contributed by atoms with Gasteiger partial charge >= 0.3 is 6.09 Å². The Hall–Kier alpha value is -2.64. The molecular weight excluding hydrogens is 422 g/mol. The van der Waals surface area contributed by atoms with Crippen LogP contribution in [0.3, 0.4) is 0 Å². The van der Waals surface area contributed by atoms with Crippen molar-refractivity contribution in [1.29, 1.82) is 0 Å². The van der Waals surface area contributed by atoms with Gasteiger partial charge in [-0.2, -0.15) is 0 Å². The fraction of sp³-hybridized carbons (Fsp3) is 0.440. The highest BCUT2D eigenvalue weighted by Gasteiger charge is 2.23. The van der Waals surface area contributed by atoms with E-state index in [1.807, 2.05) is 51.1 Å². The number of carbonyl (C=O) groups is 1. The monoisotopic (exact) mass is 453 g/mol. The summed E-state index contributed by atoms with van der Waals surface area (Å²) in [6.45, 7) is 8.63. The average Bonchev–Trinajstić information content (AvgIpc) is 3.15. The normalized spacial score (nSPS) is 15.6. The number of para-hydroxylation sites is 1. The zero-order chi connectivity index (χ0) is 22.6. The van der Waals surface area contributed by atoms with E-state index in [2.05, 4.69) is 33.4 Å². The van der Waals surface area contributed by atoms with Gasteiger partial charge in [-0.25, -0.2) is 9.78 Å². The number of nitrogens with zero attached hydrogens (tertiary/aromatic N) is 2. The molecule has 6 nitrogen and oxygen atoms in total. The molecule has 0 unspecified atom stereocenters. The highest BCUT2D eigenvalue weighted by molar-refractivity contribution is 7.20. The first kappa shape index (κ1) is 22.6. The minimum atomic E-state index is -0.459. The lowest BCUT2D eigenvalue weighted by Gasteiger charge is -2.32. The summed E-state index contributed by atoms with van der Waals surface area (Å²) in [4.78, 5) is 18.9. The molecule has 1 aromatic heterocycles. The van der Waals surface area contributed by atoms with Crippen molar-refractivity contribution >= 4 is 27.6 Å². The molecule has 32 heavy (non-hydrogen) atoms. The molecule has 1 aliphatic heterocycles. The number of aromatic nitrogens is 1. The average molecular weight is 454 g/mol. The van der Waals surface area contributed by atoms with E-state index in [-0.39, 0.29) is 12.1 Å². The number of rotatable bonds is 6. The molecule has 1 fully saturated rings. The number of ether oxygens (including phenoxy) is 2. The summed E-state index contributed by atoms with van der Waals surface area (Å²) < 4.78 is 12.4. The van der Waals surface area contributed by atoms with Crippen LogP contribution in [0.25, 0.3) is 10.2 Å². The SMILES string of the molecule is CC(C)(C)OC(=O)NC1CCN(CCc2ccc(Oc3nc4ccccc4s3)cc2)CC1. The van der Waals surface area contributed by atoms with Crippen molar-refractivity contribution in [3.8, 4) is 10.9 Å². The van der Waals surface area contributed by atoms with Crippen LogP contribution in [0.1, 0.15) is 39.2 Å². The Bertz CT molecular complexity index is 1000. The van der Waals surface area contributed by atoms with Gasteiger partial charge in [-0.1, -0.05) is 35.6 Å². The Morgan fingerprint density at radius 3 is 2.53 bits per heavy atom. The molecule has 1 N–H and O–H groups in total. The second-order valence-corrected chi connectivity index (χ2v) is 10.2. The number of hydrogen-bond donors (Lipinski definition) is 1. The Morgan fingerprint density at radius 1 is 1.12 bits per heavy atom. The van der Waals surface area contributed by atoms with E-state index in [9.17, 15) is 4.79 Å². The van der Waals surface area contributed by atoms with Crippen LogP contribution < -0.4 is 10.1 Å². The summed E-state index contributed by atoms with van der Waals surface area (Å²) in [6.07, 6.45) is 2.58. The minimum absolute atomic E-state index is 0.194. The summed E-state index contributed by atoms with van der Waals surface area (Å²) in [5, 5.41) is 3.67. The molecule has 0 bridgehead atoms. The molecule has 0 aliphatic carbocycles. The molecule has 170 valence electrons. The standard InChI is InChI=1S/C25H31N3O3S/c1-25(2,3)31-23(29)26-19-13-16-28(17-14-19)15-12-18-8-10-20(11-9-18)30-24-27-21-6-4-5-7-22(21)32-24/h4-11,19H,12-17H2,1-3H3,(H,26,29). The van der Waals surface area contributed by atoms with Crippen LogP contribution in [0.4, 0.5) is 4.79 Å².